The quantitative estimate of drug-likeness (QED) is 0.683. The Morgan fingerprint density at radius 1 is 1.42 bits per heavy atom. The lowest BCUT2D eigenvalue weighted by Crippen LogP contribution is -2.30. The van der Waals surface area contributed by atoms with Crippen molar-refractivity contribution in [3.8, 4) is 0 Å². The lowest BCUT2D eigenvalue weighted by Gasteiger charge is -2.22. The Hall–Kier alpha value is -0.760. The molecule has 0 amide bonds. The van der Waals surface area contributed by atoms with E-state index in [1.54, 1.807) is 0 Å². The topological polar surface area (TPSA) is 25.2 Å². The first kappa shape index (κ1) is 6.72. The number of fused-ring (bicyclic) bond motifs is 1. The lowest BCUT2D eigenvalue weighted by molar-refractivity contribution is 0.409. The summed E-state index contributed by atoms with van der Waals surface area (Å²) in [6.45, 7) is 1.08. The molecule has 1 fully saturated rings. The van der Waals surface area contributed by atoms with E-state index in [1.807, 2.05) is 6.26 Å². The summed E-state index contributed by atoms with van der Waals surface area (Å²) >= 11 is 0. The highest BCUT2D eigenvalue weighted by atomic mass is 16.3. The van der Waals surface area contributed by atoms with Gasteiger partial charge in [0.2, 0.25) is 0 Å². The van der Waals surface area contributed by atoms with E-state index in [4.69, 9.17) is 4.42 Å². The Labute approximate surface area is 72.0 Å². The number of hydrogen-bond acceptors (Lipinski definition) is 2. The fourth-order valence-corrected chi connectivity index (χ4v) is 2.13. The fraction of sp³-hybridized carbons (Fsp3) is 0.600. The molecule has 0 spiro atoms. The van der Waals surface area contributed by atoms with Gasteiger partial charge in [-0.1, -0.05) is 0 Å². The minimum atomic E-state index is 0.604. The molecule has 0 radical (unpaired) electrons. The molecule has 2 nitrogen and oxygen atoms in total. The van der Waals surface area contributed by atoms with Crippen LogP contribution in [0.15, 0.2) is 16.7 Å². The van der Waals surface area contributed by atoms with E-state index in [9.17, 15) is 0 Å². The number of nitrogens with one attached hydrogen (secondary N) is 1. The zero-order valence-electron chi connectivity index (χ0n) is 7.05. The van der Waals surface area contributed by atoms with Crippen LogP contribution >= 0.6 is 0 Å². The van der Waals surface area contributed by atoms with Crippen molar-refractivity contribution < 1.29 is 4.42 Å². The Kier molecular flexibility index (Phi) is 1.32. The van der Waals surface area contributed by atoms with Gasteiger partial charge >= 0.3 is 0 Å². The van der Waals surface area contributed by atoms with Crippen LogP contribution < -0.4 is 5.32 Å². The average Bonchev–Trinajstić information content (AvgIpc) is 2.82. The predicted molar refractivity (Wildman–Crippen MR) is 45.9 cm³/mol. The fourth-order valence-electron chi connectivity index (χ4n) is 2.13. The van der Waals surface area contributed by atoms with Gasteiger partial charge in [-0.15, -0.1) is 0 Å². The van der Waals surface area contributed by atoms with Gasteiger partial charge in [-0.25, -0.2) is 0 Å². The van der Waals surface area contributed by atoms with Gasteiger partial charge in [-0.05, 0) is 24.8 Å². The molecule has 0 aromatic carbocycles. The minimum absolute atomic E-state index is 0.604. The maximum absolute atomic E-state index is 5.42. The summed E-state index contributed by atoms with van der Waals surface area (Å²) in [4.78, 5) is 0. The molecule has 2 aliphatic rings. The third-order valence-corrected chi connectivity index (χ3v) is 2.92. The Morgan fingerprint density at radius 3 is 3.17 bits per heavy atom. The van der Waals surface area contributed by atoms with E-state index < -0.39 is 0 Å². The first-order valence-corrected chi connectivity index (χ1v) is 4.75. The zero-order valence-corrected chi connectivity index (χ0v) is 7.05. The molecule has 1 saturated carbocycles. The standard InChI is InChI=1S/C10H13NO/c1-2-7(1)10-8-4-6-12-9(8)3-5-11-10/h4,6-7,10-11H,1-3,5H2. The Morgan fingerprint density at radius 2 is 2.33 bits per heavy atom. The SMILES string of the molecule is c1cc2c(o1)CCNC2C1CC1. The maximum atomic E-state index is 5.42. The molecule has 1 aliphatic carbocycles. The molecule has 3 rings (SSSR count). The molecule has 1 aromatic rings. The summed E-state index contributed by atoms with van der Waals surface area (Å²) in [6.07, 6.45) is 5.67. The highest BCUT2D eigenvalue weighted by Crippen LogP contribution is 2.43. The molecular weight excluding hydrogens is 150 g/mol. The van der Waals surface area contributed by atoms with Gasteiger partial charge in [0.05, 0.1) is 6.26 Å². The van der Waals surface area contributed by atoms with Crippen molar-refractivity contribution in [1.82, 2.24) is 5.32 Å². The van der Waals surface area contributed by atoms with Gasteiger partial charge in [0.1, 0.15) is 5.76 Å². The first-order chi connectivity index (χ1) is 5.95. The molecule has 1 N–H and O–H groups in total. The molecule has 1 atom stereocenters. The average molecular weight is 163 g/mol. The highest BCUT2D eigenvalue weighted by Gasteiger charge is 2.35. The smallest absolute Gasteiger partial charge is 0.109 e. The van der Waals surface area contributed by atoms with E-state index in [2.05, 4.69) is 11.4 Å². The van der Waals surface area contributed by atoms with Crippen molar-refractivity contribution in [3.05, 3.63) is 23.7 Å². The molecule has 2 heteroatoms. The summed E-state index contributed by atoms with van der Waals surface area (Å²) in [5.41, 5.74) is 1.42. The zero-order chi connectivity index (χ0) is 7.97. The van der Waals surface area contributed by atoms with Crippen molar-refractivity contribution in [3.63, 3.8) is 0 Å². The van der Waals surface area contributed by atoms with E-state index in [-0.39, 0.29) is 0 Å². The number of hydrogen-bond donors (Lipinski definition) is 1. The molecule has 2 heterocycles. The number of furan rings is 1. The molecule has 1 unspecified atom stereocenters. The second-order valence-electron chi connectivity index (χ2n) is 3.82. The molecule has 0 bridgehead atoms. The Balaban J connectivity index is 1.97. The van der Waals surface area contributed by atoms with E-state index in [0.29, 0.717) is 6.04 Å². The van der Waals surface area contributed by atoms with Gasteiger partial charge < -0.3 is 9.73 Å². The minimum Gasteiger partial charge on any atom is -0.469 e. The first-order valence-electron chi connectivity index (χ1n) is 4.75. The summed E-state index contributed by atoms with van der Waals surface area (Å²) in [7, 11) is 0. The third kappa shape index (κ3) is 0.911. The maximum Gasteiger partial charge on any atom is 0.109 e. The Bertz CT molecular complexity index is 288. The predicted octanol–water partition coefficient (Wildman–Crippen LogP) is 1.88. The van der Waals surface area contributed by atoms with Crippen LogP contribution in [-0.4, -0.2) is 6.54 Å². The lowest BCUT2D eigenvalue weighted by atomic mass is 9.98. The summed E-state index contributed by atoms with van der Waals surface area (Å²) < 4.78 is 5.42. The van der Waals surface area contributed by atoms with Crippen molar-refractivity contribution in [2.45, 2.75) is 25.3 Å². The molecule has 1 aliphatic heterocycles. The summed E-state index contributed by atoms with van der Waals surface area (Å²) in [6, 6.07) is 2.73. The molecule has 1 aromatic heterocycles. The molecule has 12 heavy (non-hydrogen) atoms. The van der Waals surface area contributed by atoms with Crippen molar-refractivity contribution in [2.75, 3.05) is 6.54 Å². The van der Waals surface area contributed by atoms with Gasteiger partial charge in [-0.3, -0.25) is 0 Å². The summed E-state index contributed by atoms with van der Waals surface area (Å²) in [5, 5.41) is 3.56. The normalized spacial score (nSPS) is 28.5. The van der Waals surface area contributed by atoms with Gasteiger partial charge in [-0.2, -0.15) is 0 Å². The van der Waals surface area contributed by atoms with Crippen LogP contribution in [0, 0.1) is 5.92 Å². The third-order valence-electron chi connectivity index (χ3n) is 2.92. The van der Waals surface area contributed by atoms with E-state index in [1.165, 1.54) is 24.2 Å². The largest absolute Gasteiger partial charge is 0.469 e. The van der Waals surface area contributed by atoms with Crippen LogP contribution in [0.5, 0.6) is 0 Å². The van der Waals surface area contributed by atoms with Crippen LogP contribution in [0.1, 0.15) is 30.2 Å². The van der Waals surface area contributed by atoms with Crippen LogP contribution in [0.25, 0.3) is 0 Å². The number of rotatable bonds is 1. The van der Waals surface area contributed by atoms with Crippen molar-refractivity contribution in [2.24, 2.45) is 5.92 Å². The van der Waals surface area contributed by atoms with Crippen molar-refractivity contribution >= 4 is 0 Å². The van der Waals surface area contributed by atoms with Crippen LogP contribution in [0.2, 0.25) is 0 Å². The van der Waals surface area contributed by atoms with E-state index in [0.717, 1.165) is 18.9 Å². The van der Waals surface area contributed by atoms with Crippen LogP contribution in [0.3, 0.4) is 0 Å². The molecule has 64 valence electrons. The van der Waals surface area contributed by atoms with Gasteiger partial charge in [0.25, 0.3) is 0 Å². The molecule has 0 saturated heterocycles. The monoisotopic (exact) mass is 163 g/mol. The highest BCUT2D eigenvalue weighted by molar-refractivity contribution is 5.26. The van der Waals surface area contributed by atoms with Gasteiger partial charge in [0, 0.05) is 24.6 Å². The second-order valence-corrected chi connectivity index (χ2v) is 3.82. The van der Waals surface area contributed by atoms with E-state index >= 15 is 0 Å². The van der Waals surface area contributed by atoms with Gasteiger partial charge in [0.15, 0.2) is 0 Å². The van der Waals surface area contributed by atoms with Crippen LogP contribution in [-0.2, 0) is 6.42 Å². The molecular formula is C10H13NO. The summed E-state index contributed by atoms with van der Waals surface area (Å²) in [5.74, 6) is 2.10. The van der Waals surface area contributed by atoms with Crippen molar-refractivity contribution in [1.29, 1.82) is 0 Å². The second kappa shape index (κ2) is 2.36. The van der Waals surface area contributed by atoms with Crippen LogP contribution in [0.4, 0.5) is 0 Å².